The van der Waals surface area contributed by atoms with Crippen molar-refractivity contribution < 1.29 is 21.8 Å². The standard InChI is InChI=1S/C14H14N2O6S2/c17-16(18)13-6-4-5-12(11-13)9-10-23(19,20)15-24(21,22)14-7-2-1-3-8-14/h1-8,11,15H,9-10H2. The van der Waals surface area contributed by atoms with Crippen molar-refractivity contribution in [1.29, 1.82) is 0 Å². The van der Waals surface area contributed by atoms with Gasteiger partial charge in [-0.05, 0) is 24.1 Å². The third kappa shape index (κ3) is 4.85. The SMILES string of the molecule is O=[N+]([O-])c1cccc(CCS(=O)(=O)NS(=O)(=O)c2ccccc2)c1. The lowest BCUT2D eigenvalue weighted by atomic mass is 10.1. The van der Waals surface area contributed by atoms with E-state index in [0.717, 1.165) is 0 Å². The highest BCUT2D eigenvalue weighted by molar-refractivity contribution is 8.04. The number of nitrogens with zero attached hydrogens (tertiary/aromatic N) is 1. The summed E-state index contributed by atoms with van der Waals surface area (Å²) in [6.07, 6.45) is -0.0542. The van der Waals surface area contributed by atoms with Crippen LogP contribution in [0.25, 0.3) is 0 Å². The summed E-state index contributed by atoms with van der Waals surface area (Å²) in [5.41, 5.74) is 0.265. The summed E-state index contributed by atoms with van der Waals surface area (Å²) in [6.45, 7) is 0. The Morgan fingerprint density at radius 3 is 2.25 bits per heavy atom. The van der Waals surface area contributed by atoms with E-state index in [-0.39, 0.29) is 17.0 Å². The molecule has 0 unspecified atom stereocenters. The van der Waals surface area contributed by atoms with Gasteiger partial charge in [-0.3, -0.25) is 10.1 Å². The molecule has 0 saturated carbocycles. The quantitative estimate of drug-likeness (QED) is 0.581. The van der Waals surface area contributed by atoms with Crippen LogP contribution in [0.4, 0.5) is 5.69 Å². The fourth-order valence-corrected chi connectivity index (χ4v) is 5.01. The summed E-state index contributed by atoms with van der Waals surface area (Å²) in [5, 5.41) is 10.7. The molecule has 0 atom stereocenters. The zero-order chi connectivity index (χ0) is 17.8. The highest BCUT2D eigenvalue weighted by Gasteiger charge is 2.22. The third-order valence-corrected chi connectivity index (χ3v) is 6.60. The van der Waals surface area contributed by atoms with Crippen LogP contribution in [0.15, 0.2) is 59.5 Å². The molecule has 0 aliphatic rings. The zero-order valence-corrected chi connectivity index (χ0v) is 14.0. The number of hydrogen-bond donors (Lipinski definition) is 1. The Morgan fingerprint density at radius 1 is 0.958 bits per heavy atom. The van der Waals surface area contributed by atoms with Crippen molar-refractivity contribution in [1.82, 2.24) is 4.13 Å². The van der Waals surface area contributed by atoms with Crippen LogP contribution in [0.2, 0.25) is 0 Å². The van der Waals surface area contributed by atoms with E-state index in [1.54, 1.807) is 10.2 Å². The van der Waals surface area contributed by atoms with Gasteiger partial charge in [-0.2, -0.15) is 0 Å². The van der Waals surface area contributed by atoms with E-state index in [1.807, 2.05) is 0 Å². The molecule has 0 aromatic heterocycles. The van der Waals surface area contributed by atoms with Crippen molar-refractivity contribution in [2.75, 3.05) is 5.75 Å². The lowest BCUT2D eigenvalue weighted by Gasteiger charge is -2.08. The molecule has 2 aromatic carbocycles. The Hall–Kier alpha value is -2.30. The summed E-state index contributed by atoms with van der Waals surface area (Å²) in [6, 6.07) is 12.6. The van der Waals surface area contributed by atoms with Crippen LogP contribution in [0, 0.1) is 10.1 Å². The second-order valence-electron chi connectivity index (χ2n) is 4.90. The molecule has 0 bridgehead atoms. The van der Waals surface area contributed by atoms with E-state index in [0.29, 0.717) is 5.56 Å². The maximum Gasteiger partial charge on any atom is 0.269 e. The molecule has 2 aromatic rings. The Morgan fingerprint density at radius 2 is 1.62 bits per heavy atom. The van der Waals surface area contributed by atoms with Gasteiger partial charge in [-0.25, -0.2) is 16.8 Å². The van der Waals surface area contributed by atoms with Crippen molar-refractivity contribution in [3.63, 3.8) is 0 Å². The number of sulfonamides is 2. The second-order valence-corrected chi connectivity index (χ2v) is 8.68. The van der Waals surface area contributed by atoms with E-state index >= 15 is 0 Å². The lowest BCUT2D eigenvalue weighted by Crippen LogP contribution is -2.33. The molecule has 0 fully saturated rings. The van der Waals surface area contributed by atoms with Gasteiger partial charge in [0.15, 0.2) is 0 Å². The normalized spacial score (nSPS) is 12.0. The van der Waals surface area contributed by atoms with Gasteiger partial charge in [-0.15, -0.1) is 4.13 Å². The highest BCUT2D eigenvalue weighted by atomic mass is 32.3. The molecule has 128 valence electrons. The topological polar surface area (TPSA) is 123 Å². The molecule has 0 aliphatic carbocycles. The minimum atomic E-state index is -4.19. The van der Waals surface area contributed by atoms with Crippen molar-refractivity contribution in [3.8, 4) is 0 Å². The number of nitro benzene ring substituents is 1. The summed E-state index contributed by atoms with van der Waals surface area (Å²) < 4.78 is 49.7. The number of rotatable bonds is 7. The van der Waals surface area contributed by atoms with Crippen LogP contribution < -0.4 is 4.13 Å². The predicted octanol–water partition coefficient (Wildman–Crippen LogP) is 1.45. The Balaban J connectivity index is 2.09. The molecule has 24 heavy (non-hydrogen) atoms. The molecule has 2 rings (SSSR count). The number of aryl methyl sites for hydroxylation is 1. The Bertz CT molecular complexity index is 940. The molecule has 0 saturated heterocycles. The number of nitrogens with one attached hydrogen (secondary N) is 1. The Labute approximate surface area is 139 Å². The van der Waals surface area contributed by atoms with Gasteiger partial charge in [0.05, 0.1) is 15.6 Å². The molecule has 0 heterocycles. The fourth-order valence-electron chi connectivity index (χ4n) is 1.93. The molecule has 1 N–H and O–H groups in total. The van der Waals surface area contributed by atoms with E-state index in [9.17, 15) is 26.9 Å². The van der Waals surface area contributed by atoms with Gasteiger partial charge in [0.2, 0.25) is 10.0 Å². The number of nitro groups is 1. The van der Waals surface area contributed by atoms with E-state index in [1.165, 1.54) is 48.5 Å². The van der Waals surface area contributed by atoms with Gasteiger partial charge in [0.25, 0.3) is 15.7 Å². The smallest absolute Gasteiger partial charge is 0.258 e. The molecule has 0 amide bonds. The van der Waals surface area contributed by atoms with Crippen LogP contribution >= 0.6 is 0 Å². The largest absolute Gasteiger partial charge is 0.269 e. The summed E-state index contributed by atoms with van der Waals surface area (Å²) in [4.78, 5) is 9.94. The monoisotopic (exact) mass is 370 g/mol. The number of non-ortho nitro benzene ring substituents is 1. The summed E-state index contributed by atoms with van der Waals surface area (Å²) in [5.74, 6) is -0.514. The average molecular weight is 370 g/mol. The average Bonchev–Trinajstić information content (AvgIpc) is 2.53. The lowest BCUT2D eigenvalue weighted by molar-refractivity contribution is -0.384. The minimum absolute atomic E-state index is 0.0542. The summed E-state index contributed by atoms with van der Waals surface area (Å²) in [7, 11) is -8.32. The van der Waals surface area contributed by atoms with Crippen LogP contribution in [0.5, 0.6) is 0 Å². The Kier molecular flexibility index (Phi) is 5.32. The van der Waals surface area contributed by atoms with E-state index in [4.69, 9.17) is 0 Å². The van der Waals surface area contributed by atoms with Gasteiger partial charge < -0.3 is 0 Å². The number of benzene rings is 2. The maximum absolute atomic E-state index is 12.0. The molecule has 8 nitrogen and oxygen atoms in total. The molecule has 0 radical (unpaired) electrons. The second kappa shape index (κ2) is 7.07. The van der Waals surface area contributed by atoms with Crippen molar-refractivity contribution in [3.05, 3.63) is 70.3 Å². The van der Waals surface area contributed by atoms with E-state index < -0.39 is 30.7 Å². The van der Waals surface area contributed by atoms with Gasteiger partial charge in [0.1, 0.15) is 0 Å². The number of hydrogen-bond acceptors (Lipinski definition) is 6. The first-order valence-electron chi connectivity index (χ1n) is 6.74. The van der Waals surface area contributed by atoms with Crippen molar-refractivity contribution >= 4 is 25.7 Å². The van der Waals surface area contributed by atoms with Gasteiger partial charge in [-0.1, -0.05) is 30.3 Å². The third-order valence-electron chi connectivity index (χ3n) is 3.07. The molecule has 0 aliphatic heterocycles. The van der Waals surface area contributed by atoms with Crippen molar-refractivity contribution in [2.45, 2.75) is 11.3 Å². The van der Waals surface area contributed by atoms with Crippen LogP contribution in [-0.2, 0) is 26.5 Å². The minimum Gasteiger partial charge on any atom is -0.258 e. The molecular formula is C14H14N2O6S2. The fraction of sp³-hybridized carbons (Fsp3) is 0.143. The molecular weight excluding hydrogens is 356 g/mol. The van der Waals surface area contributed by atoms with Crippen LogP contribution in [0.1, 0.15) is 5.56 Å². The van der Waals surface area contributed by atoms with Gasteiger partial charge in [0, 0.05) is 12.1 Å². The van der Waals surface area contributed by atoms with Gasteiger partial charge >= 0.3 is 0 Å². The predicted molar refractivity (Wildman–Crippen MR) is 87.4 cm³/mol. The first kappa shape index (κ1) is 18.0. The zero-order valence-electron chi connectivity index (χ0n) is 12.3. The highest BCUT2D eigenvalue weighted by Crippen LogP contribution is 2.14. The summed E-state index contributed by atoms with van der Waals surface area (Å²) >= 11 is 0. The van der Waals surface area contributed by atoms with E-state index in [2.05, 4.69) is 0 Å². The van der Waals surface area contributed by atoms with Crippen LogP contribution in [0.3, 0.4) is 0 Å². The first-order valence-corrected chi connectivity index (χ1v) is 9.88. The first-order chi connectivity index (χ1) is 11.2. The molecule has 0 spiro atoms. The van der Waals surface area contributed by atoms with Crippen molar-refractivity contribution in [2.24, 2.45) is 0 Å². The molecule has 10 heteroatoms. The maximum atomic E-state index is 12.0. The van der Waals surface area contributed by atoms with Crippen LogP contribution in [-0.4, -0.2) is 27.5 Å².